The molecule has 1 heterocycles. The third-order valence-electron chi connectivity index (χ3n) is 2.42. The molecule has 0 aliphatic heterocycles. The average molecular weight is 198 g/mol. The van der Waals surface area contributed by atoms with E-state index in [-0.39, 0.29) is 0 Å². The Balaban J connectivity index is 2.58. The molecule has 0 unspecified atom stereocenters. The Bertz CT molecular complexity index is 490. The molecular formula is C13H14N2. The lowest BCUT2D eigenvalue weighted by molar-refractivity contribution is 1.20. The maximum atomic E-state index is 5.95. The van der Waals surface area contributed by atoms with Crippen molar-refractivity contribution in [1.82, 2.24) is 4.98 Å². The van der Waals surface area contributed by atoms with Crippen molar-refractivity contribution < 1.29 is 0 Å². The largest absolute Gasteiger partial charge is 0.398 e. The minimum absolute atomic E-state index is 0.811. The molecule has 15 heavy (non-hydrogen) atoms. The van der Waals surface area contributed by atoms with E-state index < -0.39 is 0 Å². The van der Waals surface area contributed by atoms with Gasteiger partial charge in [-0.2, -0.15) is 0 Å². The molecule has 0 saturated heterocycles. The number of nitrogens with zero attached hydrogens (tertiary/aromatic N) is 1. The predicted octanol–water partition coefficient (Wildman–Crippen LogP) is 2.95. The second-order valence-electron chi connectivity index (χ2n) is 3.78. The van der Waals surface area contributed by atoms with Gasteiger partial charge >= 0.3 is 0 Å². The molecular weight excluding hydrogens is 184 g/mol. The van der Waals surface area contributed by atoms with Crippen LogP contribution in [0, 0.1) is 13.8 Å². The van der Waals surface area contributed by atoms with Gasteiger partial charge < -0.3 is 5.73 Å². The number of benzene rings is 1. The summed E-state index contributed by atoms with van der Waals surface area (Å²) in [5.41, 5.74) is 11.2. The molecule has 1 aromatic heterocycles. The minimum Gasteiger partial charge on any atom is -0.398 e. The van der Waals surface area contributed by atoms with E-state index >= 15 is 0 Å². The maximum absolute atomic E-state index is 5.95. The molecule has 0 aliphatic rings. The number of nitrogens with two attached hydrogens (primary N) is 1. The minimum atomic E-state index is 0.811. The average Bonchev–Trinajstić information content (AvgIpc) is 2.22. The summed E-state index contributed by atoms with van der Waals surface area (Å²) in [6.07, 6.45) is 1.81. The zero-order valence-electron chi connectivity index (χ0n) is 8.99. The molecule has 2 heteroatoms. The summed E-state index contributed by atoms with van der Waals surface area (Å²) < 4.78 is 0. The van der Waals surface area contributed by atoms with Crippen molar-refractivity contribution in [3.63, 3.8) is 0 Å². The van der Waals surface area contributed by atoms with E-state index in [9.17, 15) is 0 Å². The van der Waals surface area contributed by atoms with E-state index in [4.69, 9.17) is 5.73 Å². The Labute approximate surface area is 89.8 Å². The first-order chi connectivity index (χ1) is 7.16. The van der Waals surface area contributed by atoms with Crippen LogP contribution < -0.4 is 5.73 Å². The lowest BCUT2D eigenvalue weighted by Crippen LogP contribution is -1.91. The van der Waals surface area contributed by atoms with Crippen molar-refractivity contribution >= 4 is 5.69 Å². The molecule has 2 nitrogen and oxygen atoms in total. The van der Waals surface area contributed by atoms with Crippen molar-refractivity contribution in [2.24, 2.45) is 0 Å². The second-order valence-corrected chi connectivity index (χ2v) is 3.78. The fourth-order valence-electron chi connectivity index (χ4n) is 1.63. The van der Waals surface area contributed by atoms with Crippen LogP contribution in [0.2, 0.25) is 0 Å². The monoisotopic (exact) mass is 198 g/mol. The van der Waals surface area contributed by atoms with Crippen molar-refractivity contribution in [2.75, 3.05) is 5.73 Å². The molecule has 0 atom stereocenters. The van der Waals surface area contributed by atoms with E-state index in [1.54, 1.807) is 0 Å². The third-order valence-corrected chi connectivity index (χ3v) is 2.42. The topological polar surface area (TPSA) is 38.9 Å². The van der Waals surface area contributed by atoms with Gasteiger partial charge in [0.2, 0.25) is 0 Å². The zero-order valence-corrected chi connectivity index (χ0v) is 8.99. The maximum Gasteiger partial charge on any atom is 0.0393 e. The predicted molar refractivity (Wildman–Crippen MR) is 63.6 cm³/mol. The van der Waals surface area contributed by atoms with E-state index in [0.29, 0.717) is 0 Å². The standard InChI is InChI=1S/C13H14N2/c1-9-3-4-13(14)12(7-9)11-5-6-15-10(2)8-11/h3-8H,14H2,1-2H3. The summed E-state index contributed by atoms with van der Waals surface area (Å²) in [7, 11) is 0. The number of aromatic nitrogens is 1. The Kier molecular flexibility index (Phi) is 2.42. The SMILES string of the molecule is Cc1ccc(N)c(-c2ccnc(C)c2)c1. The van der Waals surface area contributed by atoms with E-state index in [2.05, 4.69) is 18.0 Å². The molecule has 0 bridgehead atoms. The Hall–Kier alpha value is -1.83. The van der Waals surface area contributed by atoms with Crippen LogP contribution in [0.4, 0.5) is 5.69 Å². The Morgan fingerprint density at radius 2 is 1.87 bits per heavy atom. The van der Waals surface area contributed by atoms with Gasteiger partial charge in [-0.15, -0.1) is 0 Å². The Morgan fingerprint density at radius 3 is 2.60 bits per heavy atom. The first-order valence-corrected chi connectivity index (χ1v) is 4.96. The highest BCUT2D eigenvalue weighted by atomic mass is 14.6. The van der Waals surface area contributed by atoms with Crippen LogP contribution in [-0.2, 0) is 0 Å². The number of hydrogen-bond acceptors (Lipinski definition) is 2. The summed E-state index contributed by atoms with van der Waals surface area (Å²) in [4.78, 5) is 4.18. The first-order valence-electron chi connectivity index (χ1n) is 4.96. The van der Waals surface area contributed by atoms with E-state index in [0.717, 1.165) is 22.5 Å². The highest BCUT2D eigenvalue weighted by Gasteiger charge is 2.02. The molecule has 2 aromatic rings. The van der Waals surface area contributed by atoms with Crippen LogP contribution in [0.3, 0.4) is 0 Å². The zero-order chi connectivity index (χ0) is 10.8. The summed E-state index contributed by atoms with van der Waals surface area (Å²) in [5.74, 6) is 0. The first kappa shape index (κ1) is 9.71. The van der Waals surface area contributed by atoms with Crippen LogP contribution in [0.5, 0.6) is 0 Å². The van der Waals surface area contributed by atoms with Gasteiger partial charge in [0, 0.05) is 23.1 Å². The molecule has 0 aliphatic carbocycles. The summed E-state index contributed by atoms with van der Waals surface area (Å²) >= 11 is 0. The van der Waals surface area contributed by atoms with Crippen molar-refractivity contribution in [3.8, 4) is 11.1 Å². The van der Waals surface area contributed by atoms with Gasteiger partial charge in [-0.25, -0.2) is 0 Å². The number of nitrogen functional groups attached to an aromatic ring is 1. The molecule has 2 N–H and O–H groups in total. The molecule has 0 saturated carbocycles. The highest BCUT2D eigenvalue weighted by Crippen LogP contribution is 2.26. The fourth-order valence-corrected chi connectivity index (χ4v) is 1.63. The van der Waals surface area contributed by atoms with Gasteiger partial charge in [-0.1, -0.05) is 11.6 Å². The van der Waals surface area contributed by atoms with Gasteiger partial charge in [0.1, 0.15) is 0 Å². The molecule has 0 radical (unpaired) electrons. The quantitative estimate of drug-likeness (QED) is 0.715. The summed E-state index contributed by atoms with van der Waals surface area (Å²) in [6.45, 7) is 4.05. The molecule has 2 rings (SSSR count). The van der Waals surface area contributed by atoms with Gasteiger partial charge in [0.05, 0.1) is 0 Å². The number of aryl methyl sites for hydroxylation is 2. The molecule has 0 spiro atoms. The normalized spacial score (nSPS) is 10.3. The molecule has 76 valence electrons. The summed E-state index contributed by atoms with van der Waals surface area (Å²) in [6, 6.07) is 10.1. The molecule has 1 aromatic carbocycles. The van der Waals surface area contributed by atoms with Crippen LogP contribution in [-0.4, -0.2) is 4.98 Å². The number of pyridine rings is 1. The van der Waals surface area contributed by atoms with Crippen molar-refractivity contribution in [2.45, 2.75) is 13.8 Å². The van der Waals surface area contributed by atoms with Gasteiger partial charge in [0.15, 0.2) is 0 Å². The lowest BCUT2D eigenvalue weighted by atomic mass is 10.0. The third kappa shape index (κ3) is 1.99. The smallest absolute Gasteiger partial charge is 0.0393 e. The molecule has 0 amide bonds. The fraction of sp³-hybridized carbons (Fsp3) is 0.154. The second kappa shape index (κ2) is 3.73. The van der Waals surface area contributed by atoms with E-state index in [1.165, 1.54) is 5.56 Å². The van der Waals surface area contributed by atoms with Crippen LogP contribution in [0.25, 0.3) is 11.1 Å². The lowest BCUT2D eigenvalue weighted by Gasteiger charge is -2.07. The number of rotatable bonds is 1. The van der Waals surface area contributed by atoms with Gasteiger partial charge in [-0.3, -0.25) is 4.98 Å². The van der Waals surface area contributed by atoms with Crippen LogP contribution in [0.1, 0.15) is 11.3 Å². The number of anilines is 1. The van der Waals surface area contributed by atoms with Gasteiger partial charge in [0.25, 0.3) is 0 Å². The highest BCUT2D eigenvalue weighted by molar-refractivity contribution is 5.76. The van der Waals surface area contributed by atoms with E-state index in [1.807, 2.05) is 37.4 Å². The Morgan fingerprint density at radius 1 is 1.07 bits per heavy atom. The number of hydrogen-bond donors (Lipinski definition) is 1. The van der Waals surface area contributed by atoms with Crippen molar-refractivity contribution in [3.05, 3.63) is 47.8 Å². The van der Waals surface area contributed by atoms with Crippen LogP contribution in [0.15, 0.2) is 36.5 Å². The summed E-state index contributed by atoms with van der Waals surface area (Å²) in [5, 5.41) is 0. The van der Waals surface area contributed by atoms with Crippen molar-refractivity contribution in [1.29, 1.82) is 0 Å². The van der Waals surface area contributed by atoms with Gasteiger partial charge in [-0.05, 0) is 43.7 Å². The molecule has 0 fully saturated rings. The van der Waals surface area contributed by atoms with Crippen LogP contribution >= 0.6 is 0 Å².